The summed E-state index contributed by atoms with van der Waals surface area (Å²) in [6.45, 7) is 0.544. The number of benzene rings is 1. The van der Waals surface area contributed by atoms with Crippen LogP contribution >= 0.6 is 0 Å². The zero-order valence-electron chi connectivity index (χ0n) is 12.9. The Labute approximate surface area is 137 Å². The fraction of sp³-hybridized carbons (Fsp3) is 0.235. The lowest BCUT2D eigenvalue weighted by atomic mass is 10.2. The molecule has 2 amide bonds. The Kier molecular flexibility index (Phi) is 3.53. The van der Waals surface area contributed by atoms with Gasteiger partial charge in [0.15, 0.2) is 5.76 Å². The molecule has 1 aliphatic rings. The lowest BCUT2D eigenvalue weighted by molar-refractivity contribution is -0.120. The molecule has 7 heteroatoms. The summed E-state index contributed by atoms with van der Waals surface area (Å²) >= 11 is 0. The van der Waals surface area contributed by atoms with Gasteiger partial charge in [0.05, 0.1) is 17.3 Å². The van der Waals surface area contributed by atoms with Crippen LogP contribution < -0.4 is 5.43 Å². The Bertz CT molecular complexity index is 884. The second-order valence-electron chi connectivity index (χ2n) is 5.71. The Morgan fingerprint density at radius 1 is 1.21 bits per heavy atom. The molecule has 1 unspecified atom stereocenters. The first-order valence-electron chi connectivity index (χ1n) is 7.81. The van der Waals surface area contributed by atoms with Crippen molar-refractivity contribution in [3.63, 3.8) is 0 Å². The van der Waals surface area contributed by atoms with Crippen LogP contribution in [0.25, 0.3) is 11.0 Å². The van der Waals surface area contributed by atoms with Gasteiger partial charge in [-0.3, -0.25) is 15.0 Å². The highest BCUT2D eigenvalue weighted by molar-refractivity contribution is 5.98. The van der Waals surface area contributed by atoms with E-state index < -0.39 is 6.04 Å². The van der Waals surface area contributed by atoms with Gasteiger partial charge in [0.25, 0.3) is 11.8 Å². The van der Waals surface area contributed by atoms with E-state index in [9.17, 15) is 9.59 Å². The average molecular weight is 324 g/mol. The van der Waals surface area contributed by atoms with E-state index >= 15 is 0 Å². The molecule has 1 aromatic carbocycles. The highest BCUT2D eigenvalue weighted by Crippen LogP contribution is 2.21. The molecule has 3 heterocycles. The number of fused-ring (bicyclic) bond motifs is 1. The summed E-state index contributed by atoms with van der Waals surface area (Å²) in [5.41, 5.74) is 4.44. The van der Waals surface area contributed by atoms with Gasteiger partial charge < -0.3 is 9.32 Å². The lowest BCUT2D eigenvalue weighted by Crippen LogP contribution is -2.44. The first kappa shape index (κ1) is 14.5. The molecule has 1 aliphatic heterocycles. The summed E-state index contributed by atoms with van der Waals surface area (Å²) in [4.78, 5) is 30.9. The Morgan fingerprint density at radius 2 is 2.08 bits per heavy atom. The van der Waals surface area contributed by atoms with Crippen LogP contribution in [-0.4, -0.2) is 39.0 Å². The zero-order valence-corrected chi connectivity index (χ0v) is 12.9. The molecule has 7 nitrogen and oxygen atoms in total. The minimum atomic E-state index is -0.510. The number of rotatable bonds is 3. The van der Waals surface area contributed by atoms with E-state index in [0.29, 0.717) is 13.0 Å². The van der Waals surface area contributed by atoms with E-state index in [4.69, 9.17) is 4.42 Å². The van der Waals surface area contributed by atoms with E-state index in [2.05, 4.69) is 10.4 Å². The summed E-state index contributed by atoms with van der Waals surface area (Å²) < 4.78 is 6.75. The number of aromatic nitrogens is 2. The van der Waals surface area contributed by atoms with Crippen LogP contribution in [0.3, 0.4) is 0 Å². The maximum absolute atomic E-state index is 12.7. The second-order valence-corrected chi connectivity index (χ2v) is 5.71. The van der Waals surface area contributed by atoms with Crippen LogP contribution in [0.15, 0.2) is 53.4 Å². The monoisotopic (exact) mass is 324 g/mol. The third-order valence-electron chi connectivity index (χ3n) is 4.23. The number of furan rings is 1. The van der Waals surface area contributed by atoms with Crippen LogP contribution in [0.1, 0.15) is 23.4 Å². The van der Waals surface area contributed by atoms with E-state index in [-0.39, 0.29) is 17.6 Å². The van der Waals surface area contributed by atoms with Crippen molar-refractivity contribution in [2.24, 2.45) is 0 Å². The molecule has 24 heavy (non-hydrogen) atoms. The molecule has 1 atom stereocenters. The summed E-state index contributed by atoms with van der Waals surface area (Å²) in [5.74, 6) is -0.230. The summed E-state index contributed by atoms with van der Waals surface area (Å²) in [5, 5.41) is 0. The number of hydrogen-bond donors (Lipinski definition) is 1. The van der Waals surface area contributed by atoms with Crippen LogP contribution in [0.2, 0.25) is 0 Å². The van der Waals surface area contributed by atoms with E-state index in [1.807, 2.05) is 24.3 Å². The van der Waals surface area contributed by atoms with Crippen LogP contribution in [-0.2, 0) is 4.79 Å². The molecule has 2 aromatic heterocycles. The van der Waals surface area contributed by atoms with E-state index in [0.717, 1.165) is 17.5 Å². The van der Waals surface area contributed by atoms with E-state index in [1.54, 1.807) is 28.0 Å². The molecule has 0 aliphatic carbocycles. The highest BCUT2D eigenvalue weighted by atomic mass is 16.3. The van der Waals surface area contributed by atoms with Crippen molar-refractivity contribution in [2.75, 3.05) is 12.0 Å². The Balaban J connectivity index is 1.54. The lowest BCUT2D eigenvalue weighted by Gasteiger charge is -2.23. The van der Waals surface area contributed by atoms with Gasteiger partial charge in [0.1, 0.15) is 12.4 Å². The first-order valence-corrected chi connectivity index (χ1v) is 7.81. The molecule has 0 saturated carbocycles. The largest absolute Gasteiger partial charge is 0.459 e. The third-order valence-corrected chi connectivity index (χ3v) is 4.23. The second kappa shape index (κ2) is 5.84. The standard InChI is InChI=1S/C17H16N4O3/c22-16(19-21-11-18-12-5-1-2-6-13(12)21)14-7-3-9-20(14)17(23)15-8-4-10-24-15/h1-2,4-6,8,10-11,14H,3,7,9H2,(H,19,22). The number of likely N-dealkylation sites (tertiary alicyclic amines) is 1. The Morgan fingerprint density at radius 3 is 2.92 bits per heavy atom. The average Bonchev–Trinajstić information content (AvgIpc) is 3.35. The summed E-state index contributed by atoms with van der Waals surface area (Å²) in [6, 6.07) is 10.3. The summed E-state index contributed by atoms with van der Waals surface area (Å²) in [6.07, 6.45) is 4.44. The van der Waals surface area contributed by atoms with Gasteiger partial charge in [-0.1, -0.05) is 12.1 Å². The van der Waals surface area contributed by atoms with Gasteiger partial charge in [-0.05, 0) is 37.1 Å². The van der Waals surface area contributed by atoms with Crippen molar-refractivity contribution in [2.45, 2.75) is 18.9 Å². The van der Waals surface area contributed by atoms with Gasteiger partial charge in [0.2, 0.25) is 0 Å². The number of carbonyl (C=O) groups is 2. The zero-order chi connectivity index (χ0) is 16.5. The number of para-hydroxylation sites is 2. The molecule has 0 spiro atoms. The van der Waals surface area contributed by atoms with Crippen molar-refractivity contribution >= 4 is 22.8 Å². The molecule has 0 radical (unpaired) electrons. The van der Waals surface area contributed by atoms with E-state index in [1.165, 1.54) is 6.26 Å². The smallest absolute Gasteiger partial charge is 0.290 e. The van der Waals surface area contributed by atoms with Crippen molar-refractivity contribution in [3.8, 4) is 0 Å². The molecule has 0 bridgehead atoms. The van der Waals surface area contributed by atoms with Crippen molar-refractivity contribution in [1.82, 2.24) is 14.6 Å². The maximum Gasteiger partial charge on any atom is 0.290 e. The van der Waals surface area contributed by atoms with Crippen molar-refractivity contribution < 1.29 is 14.0 Å². The summed E-state index contributed by atoms with van der Waals surface area (Å²) in [7, 11) is 0. The minimum Gasteiger partial charge on any atom is -0.459 e. The first-order chi connectivity index (χ1) is 11.7. The molecule has 1 fully saturated rings. The topological polar surface area (TPSA) is 80.4 Å². The molecule has 1 saturated heterocycles. The molecular weight excluding hydrogens is 308 g/mol. The SMILES string of the molecule is O=C(Nn1cnc2ccccc21)C1CCCN1C(=O)c1ccco1. The predicted octanol–water partition coefficient (Wildman–Crippen LogP) is 2.00. The molecule has 122 valence electrons. The Hall–Kier alpha value is -3.09. The quantitative estimate of drug-likeness (QED) is 0.799. The van der Waals surface area contributed by atoms with Gasteiger partial charge in [-0.2, -0.15) is 0 Å². The molecule has 1 N–H and O–H groups in total. The number of nitrogens with one attached hydrogen (secondary N) is 1. The van der Waals surface area contributed by atoms with Crippen LogP contribution in [0, 0.1) is 0 Å². The molecule has 4 rings (SSSR count). The highest BCUT2D eigenvalue weighted by Gasteiger charge is 2.35. The number of amides is 2. The maximum atomic E-state index is 12.7. The fourth-order valence-corrected chi connectivity index (χ4v) is 3.07. The minimum absolute atomic E-state index is 0.226. The number of imidazole rings is 1. The van der Waals surface area contributed by atoms with Crippen LogP contribution in [0.5, 0.6) is 0 Å². The van der Waals surface area contributed by atoms with Gasteiger partial charge in [-0.25, -0.2) is 9.66 Å². The number of carbonyl (C=O) groups excluding carboxylic acids is 2. The van der Waals surface area contributed by atoms with Crippen LogP contribution in [0.4, 0.5) is 0 Å². The fourth-order valence-electron chi connectivity index (χ4n) is 3.07. The third kappa shape index (κ3) is 2.44. The van der Waals surface area contributed by atoms with Gasteiger partial charge in [0, 0.05) is 6.54 Å². The van der Waals surface area contributed by atoms with Crippen molar-refractivity contribution in [3.05, 3.63) is 54.7 Å². The van der Waals surface area contributed by atoms with Crippen molar-refractivity contribution in [1.29, 1.82) is 0 Å². The van der Waals surface area contributed by atoms with Gasteiger partial charge in [-0.15, -0.1) is 0 Å². The number of nitrogens with zero attached hydrogens (tertiary/aromatic N) is 3. The molecule has 3 aromatic rings. The van der Waals surface area contributed by atoms with Gasteiger partial charge >= 0.3 is 0 Å². The predicted molar refractivity (Wildman–Crippen MR) is 86.9 cm³/mol. The normalized spacial score (nSPS) is 17.3. The number of hydrogen-bond acceptors (Lipinski definition) is 4. The molecular formula is C17H16N4O3.